The molecule has 0 bridgehead atoms. The number of hydrogen-bond acceptors (Lipinski definition) is 2. The first-order valence-electron chi connectivity index (χ1n) is 5.72. The van der Waals surface area contributed by atoms with Gasteiger partial charge in [0.2, 0.25) is 0 Å². The van der Waals surface area contributed by atoms with E-state index in [1.807, 2.05) is 6.92 Å². The molecule has 3 rings (SSSR count). The van der Waals surface area contributed by atoms with Crippen LogP contribution in [0.3, 0.4) is 0 Å². The fourth-order valence-corrected chi connectivity index (χ4v) is 2.33. The Labute approximate surface area is 94.6 Å². The van der Waals surface area contributed by atoms with Crippen molar-refractivity contribution >= 4 is 10.9 Å². The van der Waals surface area contributed by atoms with E-state index >= 15 is 0 Å². The Morgan fingerprint density at radius 1 is 1.44 bits per heavy atom. The number of aromatic nitrogens is 1. The summed E-state index contributed by atoms with van der Waals surface area (Å²) in [5.41, 5.74) is 10.9. The lowest BCUT2D eigenvalue weighted by Gasteiger charge is -2.12. The Bertz CT molecular complexity index is 528. The Morgan fingerprint density at radius 3 is 3.12 bits per heavy atom. The van der Waals surface area contributed by atoms with Crippen molar-refractivity contribution in [2.24, 2.45) is 5.73 Å². The van der Waals surface area contributed by atoms with Gasteiger partial charge in [-0.25, -0.2) is 0 Å². The molecule has 1 aliphatic rings. The zero-order chi connectivity index (χ0) is 11.1. The van der Waals surface area contributed by atoms with Crippen molar-refractivity contribution in [3.8, 4) is 0 Å². The van der Waals surface area contributed by atoms with Crippen LogP contribution < -0.4 is 5.73 Å². The highest BCUT2D eigenvalue weighted by molar-refractivity contribution is 5.85. The number of hydrogen-bond donors (Lipinski definition) is 2. The molecular weight excluding hydrogens is 200 g/mol. The molecule has 3 nitrogen and oxygen atoms in total. The lowest BCUT2D eigenvalue weighted by Crippen LogP contribution is -2.08. The van der Waals surface area contributed by atoms with E-state index in [-0.39, 0.29) is 6.04 Å². The number of nitrogens with two attached hydrogens (primary N) is 1. The maximum absolute atomic E-state index is 5.91. The number of fused-ring (bicyclic) bond motifs is 3. The van der Waals surface area contributed by atoms with E-state index in [2.05, 4.69) is 23.2 Å². The molecule has 0 saturated heterocycles. The first-order valence-corrected chi connectivity index (χ1v) is 5.72. The Balaban J connectivity index is 2.21. The second-order valence-electron chi connectivity index (χ2n) is 4.48. The Morgan fingerprint density at radius 2 is 2.31 bits per heavy atom. The van der Waals surface area contributed by atoms with Crippen molar-refractivity contribution in [1.29, 1.82) is 0 Å². The van der Waals surface area contributed by atoms with Crippen LogP contribution in [-0.4, -0.2) is 11.6 Å². The average Bonchev–Trinajstić information content (AvgIpc) is 2.66. The summed E-state index contributed by atoms with van der Waals surface area (Å²) in [6.07, 6.45) is 0.984. The minimum Gasteiger partial charge on any atom is -0.376 e. The van der Waals surface area contributed by atoms with Crippen LogP contribution in [0.4, 0.5) is 0 Å². The highest BCUT2D eigenvalue weighted by atomic mass is 16.5. The molecule has 16 heavy (non-hydrogen) atoms. The van der Waals surface area contributed by atoms with Crippen molar-refractivity contribution < 1.29 is 4.74 Å². The van der Waals surface area contributed by atoms with Crippen molar-refractivity contribution in [2.45, 2.75) is 26.0 Å². The molecule has 0 aliphatic carbocycles. The number of rotatable bonds is 1. The average molecular weight is 216 g/mol. The van der Waals surface area contributed by atoms with E-state index in [1.165, 1.54) is 27.7 Å². The quantitative estimate of drug-likeness (QED) is 0.768. The van der Waals surface area contributed by atoms with Gasteiger partial charge in [-0.2, -0.15) is 0 Å². The van der Waals surface area contributed by atoms with Gasteiger partial charge in [-0.1, -0.05) is 6.07 Å². The molecule has 0 saturated carbocycles. The largest absolute Gasteiger partial charge is 0.376 e. The van der Waals surface area contributed by atoms with Gasteiger partial charge in [0.1, 0.15) is 0 Å². The summed E-state index contributed by atoms with van der Waals surface area (Å²) in [5, 5.41) is 1.27. The molecule has 3 N–H and O–H groups in total. The van der Waals surface area contributed by atoms with Crippen molar-refractivity contribution in [2.75, 3.05) is 6.61 Å². The van der Waals surface area contributed by atoms with Crippen LogP contribution in [0.2, 0.25) is 0 Å². The monoisotopic (exact) mass is 216 g/mol. The van der Waals surface area contributed by atoms with Crippen LogP contribution in [0, 0.1) is 0 Å². The van der Waals surface area contributed by atoms with Gasteiger partial charge < -0.3 is 15.5 Å². The third-order valence-corrected chi connectivity index (χ3v) is 3.29. The van der Waals surface area contributed by atoms with Crippen molar-refractivity contribution in [1.82, 2.24) is 4.98 Å². The van der Waals surface area contributed by atoms with E-state index in [1.54, 1.807) is 0 Å². The molecule has 3 heteroatoms. The zero-order valence-electron chi connectivity index (χ0n) is 9.42. The summed E-state index contributed by atoms with van der Waals surface area (Å²) in [4.78, 5) is 3.46. The Hall–Kier alpha value is -1.32. The highest BCUT2D eigenvalue weighted by Gasteiger charge is 2.16. The predicted molar refractivity (Wildman–Crippen MR) is 64.3 cm³/mol. The first kappa shape index (κ1) is 9.87. The van der Waals surface area contributed by atoms with Gasteiger partial charge in [0.25, 0.3) is 0 Å². The molecule has 0 radical (unpaired) electrons. The highest BCUT2D eigenvalue weighted by Crippen LogP contribution is 2.28. The van der Waals surface area contributed by atoms with E-state index in [9.17, 15) is 0 Å². The molecule has 1 aliphatic heterocycles. The van der Waals surface area contributed by atoms with Crippen LogP contribution in [-0.2, 0) is 17.8 Å². The van der Waals surface area contributed by atoms with Gasteiger partial charge in [0, 0.05) is 34.6 Å². The zero-order valence-corrected chi connectivity index (χ0v) is 9.42. The van der Waals surface area contributed by atoms with Crippen molar-refractivity contribution in [3.63, 3.8) is 0 Å². The predicted octanol–water partition coefficient (Wildman–Crippen LogP) is 2.26. The SMILES string of the molecule is CC(N)c1ccc2[nH]c3c(c2c1)COCC3. The summed E-state index contributed by atoms with van der Waals surface area (Å²) in [6, 6.07) is 6.48. The van der Waals surface area contributed by atoms with Gasteiger partial charge >= 0.3 is 0 Å². The standard InChI is InChI=1S/C13H16N2O/c1-8(14)9-2-3-12-10(6-9)11-7-16-5-4-13(11)15-12/h2-3,6,8,15H,4-5,7,14H2,1H3. The fraction of sp³-hybridized carbons (Fsp3) is 0.385. The summed E-state index contributed by atoms with van der Waals surface area (Å²) in [5.74, 6) is 0. The maximum atomic E-state index is 5.91. The molecule has 0 spiro atoms. The minimum absolute atomic E-state index is 0.0828. The fourth-order valence-electron chi connectivity index (χ4n) is 2.33. The summed E-state index contributed by atoms with van der Waals surface area (Å²) in [6.45, 7) is 3.55. The molecule has 84 valence electrons. The Kier molecular flexibility index (Phi) is 2.23. The number of benzene rings is 1. The molecule has 2 aromatic rings. The molecule has 1 atom stereocenters. The van der Waals surface area contributed by atoms with Crippen molar-refractivity contribution in [3.05, 3.63) is 35.0 Å². The van der Waals surface area contributed by atoms with Gasteiger partial charge in [0.05, 0.1) is 13.2 Å². The third kappa shape index (κ3) is 1.44. The lowest BCUT2D eigenvalue weighted by atomic mass is 10.0. The summed E-state index contributed by atoms with van der Waals surface area (Å²) < 4.78 is 5.51. The molecule has 1 aromatic heterocycles. The van der Waals surface area contributed by atoms with E-state index in [4.69, 9.17) is 10.5 Å². The second-order valence-corrected chi connectivity index (χ2v) is 4.48. The van der Waals surface area contributed by atoms with E-state index in [0.29, 0.717) is 0 Å². The van der Waals surface area contributed by atoms with Crippen LogP contribution in [0.1, 0.15) is 29.8 Å². The first-order chi connectivity index (χ1) is 7.75. The molecule has 2 heterocycles. The van der Waals surface area contributed by atoms with Crippen LogP contribution in [0.25, 0.3) is 10.9 Å². The third-order valence-electron chi connectivity index (χ3n) is 3.29. The van der Waals surface area contributed by atoms with Gasteiger partial charge in [0.15, 0.2) is 0 Å². The van der Waals surface area contributed by atoms with E-state index in [0.717, 1.165) is 19.6 Å². The van der Waals surface area contributed by atoms with Crippen LogP contribution in [0.15, 0.2) is 18.2 Å². The van der Waals surface area contributed by atoms with Gasteiger partial charge in [-0.05, 0) is 24.6 Å². The number of aromatic amines is 1. The maximum Gasteiger partial charge on any atom is 0.0740 e. The summed E-state index contributed by atoms with van der Waals surface area (Å²) >= 11 is 0. The van der Waals surface area contributed by atoms with E-state index < -0.39 is 0 Å². The molecule has 1 aromatic carbocycles. The molecule has 0 amide bonds. The topological polar surface area (TPSA) is 51.0 Å². The summed E-state index contributed by atoms with van der Waals surface area (Å²) in [7, 11) is 0. The minimum atomic E-state index is 0.0828. The molecule has 0 fully saturated rings. The number of ether oxygens (including phenoxy) is 1. The van der Waals surface area contributed by atoms with Crippen LogP contribution in [0.5, 0.6) is 0 Å². The van der Waals surface area contributed by atoms with Gasteiger partial charge in [-0.15, -0.1) is 0 Å². The second kappa shape index (κ2) is 3.61. The molecular formula is C13H16N2O. The number of H-pyrrole nitrogens is 1. The van der Waals surface area contributed by atoms with Gasteiger partial charge in [-0.3, -0.25) is 0 Å². The lowest BCUT2D eigenvalue weighted by molar-refractivity contribution is 0.111. The normalized spacial score (nSPS) is 17.4. The number of nitrogens with one attached hydrogen (secondary N) is 1. The smallest absolute Gasteiger partial charge is 0.0740 e. The molecule has 1 unspecified atom stereocenters. The van der Waals surface area contributed by atoms with Crippen LogP contribution >= 0.6 is 0 Å².